The van der Waals surface area contributed by atoms with E-state index in [9.17, 15) is 13.2 Å². The van der Waals surface area contributed by atoms with E-state index in [1.165, 1.54) is 25.1 Å². The van der Waals surface area contributed by atoms with Gasteiger partial charge in [0.1, 0.15) is 6.04 Å². The van der Waals surface area contributed by atoms with Crippen molar-refractivity contribution in [3.05, 3.63) is 64.1 Å². The van der Waals surface area contributed by atoms with Crippen molar-refractivity contribution in [1.29, 1.82) is 0 Å². The van der Waals surface area contributed by atoms with Crippen LogP contribution >= 0.6 is 23.2 Å². The van der Waals surface area contributed by atoms with Crippen LogP contribution in [0.15, 0.2) is 48.5 Å². The second-order valence-corrected chi connectivity index (χ2v) is 8.74. The van der Waals surface area contributed by atoms with Gasteiger partial charge in [-0.25, -0.2) is 8.42 Å². The lowest BCUT2D eigenvalue weighted by Crippen LogP contribution is -2.48. The molecule has 2 atom stereocenters. The molecular weight excluding hydrogens is 395 g/mol. The number of hydrogen-bond donors (Lipinski definition) is 1. The molecule has 1 N–H and O–H groups in total. The maximum atomic E-state index is 12.7. The number of amides is 1. The molecule has 140 valence electrons. The summed E-state index contributed by atoms with van der Waals surface area (Å²) in [6.07, 6.45) is 1.03. The number of benzene rings is 2. The number of hydrogen-bond acceptors (Lipinski definition) is 3. The van der Waals surface area contributed by atoms with Crippen LogP contribution in [0.5, 0.6) is 0 Å². The molecule has 2 rings (SSSR count). The van der Waals surface area contributed by atoms with Crippen LogP contribution in [-0.4, -0.2) is 26.6 Å². The van der Waals surface area contributed by atoms with Gasteiger partial charge in [0.2, 0.25) is 15.9 Å². The van der Waals surface area contributed by atoms with Crippen molar-refractivity contribution in [3.63, 3.8) is 0 Å². The molecule has 8 heteroatoms. The second-order valence-electron chi connectivity index (χ2n) is 6.00. The third kappa shape index (κ3) is 5.13. The number of carbonyl (C=O) groups excluding carboxylic acids is 1. The molecule has 5 nitrogen and oxygen atoms in total. The molecule has 1 amide bonds. The van der Waals surface area contributed by atoms with Crippen LogP contribution in [0.1, 0.15) is 25.5 Å². The number of nitrogens with zero attached hydrogens (tertiary/aromatic N) is 1. The van der Waals surface area contributed by atoms with Crippen LogP contribution in [0, 0.1) is 0 Å². The zero-order valence-corrected chi connectivity index (χ0v) is 16.9. The van der Waals surface area contributed by atoms with Gasteiger partial charge in [-0.2, -0.15) is 0 Å². The first kappa shape index (κ1) is 20.6. The van der Waals surface area contributed by atoms with E-state index < -0.39 is 22.0 Å². The van der Waals surface area contributed by atoms with Gasteiger partial charge < -0.3 is 5.32 Å². The summed E-state index contributed by atoms with van der Waals surface area (Å²) in [5.74, 6) is -0.428. The number of halogens is 2. The molecule has 2 aromatic rings. The van der Waals surface area contributed by atoms with E-state index in [-0.39, 0.29) is 21.8 Å². The smallest absolute Gasteiger partial charge is 0.244 e. The zero-order valence-electron chi connectivity index (χ0n) is 14.6. The van der Waals surface area contributed by atoms with Gasteiger partial charge >= 0.3 is 0 Å². The summed E-state index contributed by atoms with van der Waals surface area (Å²) < 4.78 is 25.6. The Morgan fingerprint density at radius 1 is 1.04 bits per heavy atom. The monoisotopic (exact) mass is 414 g/mol. The van der Waals surface area contributed by atoms with Gasteiger partial charge in [-0.3, -0.25) is 9.10 Å². The molecule has 0 saturated heterocycles. The highest BCUT2D eigenvalue weighted by atomic mass is 35.5. The van der Waals surface area contributed by atoms with Gasteiger partial charge in [0.25, 0.3) is 0 Å². The fourth-order valence-electron chi connectivity index (χ4n) is 2.63. The molecule has 26 heavy (non-hydrogen) atoms. The van der Waals surface area contributed by atoms with E-state index in [0.29, 0.717) is 0 Å². The number of carbonyl (C=O) groups is 1. The molecule has 0 unspecified atom stereocenters. The van der Waals surface area contributed by atoms with Crippen LogP contribution < -0.4 is 9.62 Å². The maximum Gasteiger partial charge on any atom is 0.244 e. The number of rotatable bonds is 6. The summed E-state index contributed by atoms with van der Waals surface area (Å²) >= 11 is 12.0. The van der Waals surface area contributed by atoms with Crippen molar-refractivity contribution < 1.29 is 13.2 Å². The summed E-state index contributed by atoms with van der Waals surface area (Å²) in [4.78, 5) is 12.7. The lowest BCUT2D eigenvalue weighted by atomic mass is 10.1. The molecule has 0 radical (unpaired) electrons. The molecular formula is C18H20Cl2N2O3S. The van der Waals surface area contributed by atoms with Crippen LogP contribution in [0.3, 0.4) is 0 Å². The average molecular weight is 415 g/mol. The minimum atomic E-state index is -3.74. The largest absolute Gasteiger partial charge is 0.348 e. The molecule has 0 saturated carbocycles. The van der Waals surface area contributed by atoms with E-state index in [4.69, 9.17) is 23.2 Å². The molecule has 0 aliphatic rings. The van der Waals surface area contributed by atoms with Crippen LogP contribution in [0.2, 0.25) is 10.0 Å². The minimum Gasteiger partial charge on any atom is -0.348 e. The third-order valence-corrected chi connectivity index (χ3v) is 5.53. The SMILES string of the molecule is C[C@H](NC(=O)[C@H](C)N(c1cc(Cl)cc(Cl)c1)S(C)(=O)=O)c1ccccc1. The van der Waals surface area contributed by atoms with Crippen molar-refractivity contribution in [3.8, 4) is 0 Å². The number of nitrogens with one attached hydrogen (secondary N) is 1. The molecule has 0 spiro atoms. The Morgan fingerprint density at radius 2 is 1.58 bits per heavy atom. The van der Waals surface area contributed by atoms with Gasteiger partial charge in [-0.15, -0.1) is 0 Å². The molecule has 0 heterocycles. The zero-order chi connectivity index (χ0) is 19.5. The molecule has 0 bridgehead atoms. The molecule has 0 aliphatic heterocycles. The number of anilines is 1. The van der Waals surface area contributed by atoms with Gasteiger partial charge in [0, 0.05) is 10.0 Å². The highest BCUT2D eigenvalue weighted by Crippen LogP contribution is 2.28. The second kappa shape index (κ2) is 8.29. The highest BCUT2D eigenvalue weighted by Gasteiger charge is 2.30. The summed E-state index contributed by atoms with van der Waals surface area (Å²) in [7, 11) is -3.74. The molecule has 0 fully saturated rings. The van der Waals surface area contributed by atoms with E-state index in [1.807, 2.05) is 37.3 Å². The predicted molar refractivity (Wildman–Crippen MR) is 106 cm³/mol. The third-order valence-electron chi connectivity index (χ3n) is 3.85. The number of sulfonamides is 1. The van der Waals surface area contributed by atoms with Crippen molar-refractivity contribution >= 4 is 44.8 Å². The Morgan fingerprint density at radius 3 is 2.08 bits per heavy atom. The normalized spacial score (nSPS) is 13.7. The Labute approximate surface area is 164 Å². The van der Waals surface area contributed by atoms with Crippen LogP contribution in [0.25, 0.3) is 0 Å². The Bertz CT molecular complexity index is 868. The Kier molecular flexibility index (Phi) is 6.55. The van der Waals surface area contributed by atoms with E-state index in [0.717, 1.165) is 16.1 Å². The fourth-order valence-corrected chi connectivity index (χ4v) is 4.31. The van der Waals surface area contributed by atoms with Gasteiger partial charge in [0.15, 0.2) is 0 Å². The molecule has 0 aliphatic carbocycles. The van der Waals surface area contributed by atoms with Crippen LogP contribution in [-0.2, 0) is 14.8 Å². The first-order chi connectivity index (χ1) is 12.1. The van der Waals surface area contributed by atoms with E-state index in [2.05, 4.69) is 5.32 Å². The van der Waals surface area contributed by atoms with E-state index >= 15 is 0 Å². The highest BCUT2D eigenvalue weighted by molar-refractivity contribution is 7.92. The lowest BCUT2D eigenvalue weighted by Gasteiger charge is -2.29. The standard InChI is InChI=1S/C18H20Cl2N2O3S/c1-12(14-7-5-4-6-8-14)21-18(23)13(2)22(26(3,24)25)17-10-15(19)9-16(20)11-17/h4-13H,1-3H3,(H,21,23)/t12-,13-/m0/s1. The molecule has 0 aromatic heterocycles. The summed E-state index contributed by atoms with van der Waals surface area (Å²) in [6, 6.07) is 12.6. The first-order valence-electron chi connectivity index (χ1n) is 7.90. The average Bonchev–Trinajstić information content (AvgIpc) is 2.53. The van der Waals surface area contributed by atoms with Gasteiger partial charge in [-0.05, 0) is 37.6 Å². The maximum absolute atomic E-state index is 12.7. The Balaban J connectivity index is 2.29. The van der Waals surface area contributed by atoms with Crippen molar-refractivity contribution in [2.45, 2.75) is 25.9 Å². The van der Waals surface area contributed by atoms with Gasteiger partial charge in [-0.1, -0.05) is 53.5 Å². The molecule has 2 aromatic carbocycles. The van der Waals surface area contributed by atoms with E-state index in [1.54, 1.807) is 0 Å². The van der Waals surface area contributed by atoms with Gasteiger partial charge in [0.05, 0.1) is 18.0 Å². The Hall–Kier alpha value is -1.76. The topological polar surface area (TPSA) is 66.5 Å². The van der Waals surface area contributed by atoms with Crippen molar-refractivity contribution in [2.24, 2.45) is 0 Å². The quantitative estimate of drug-likeness (QED) is 0.775. The summed E-state index contributed by atoms with van der Waals surface area (Å²) in [6.45, 7) is 3.35. The lowest BCUT2D eigenvalue weighted by molar-refractivity contribution is -0.122. The van der Waals surface area contributed by atoms with Crippen molar-refractivity contribution in [2.75, 3.05) is 10.6 Å². The van der Waals surface area contributed by atoms with Crippen molar-refractivity contribution in [1.82, 2.24) is 5.32 Å². The van der Waals surface area contributed by atoms with Crippen LogP contribution in [0.4, 0.5) is 5.69 Å². The predicted octanol–water partition coefficient (Wildman–Crippen LogP) is 4.03. The first-order valence-corrected chi connectivity index (χ1v) is 10.5. The summed E-state index contributed by atoms with van der Waals surface area (Å²) in [5, 5.41) is 3.40. The fraction of sp³-hybridized carbons (Fsp3) is 0.278. The summed E-state index contributed by atoms with van der Waals surface area (Å²) in [5.41, 5.74) is 1.16. The minimum absolute atomic E-state index is 0.236.